The van der Waals surface area contributed by atoms with Crippen LogP contribution in [0.3, 0.4) is 0 Å². The Morgan fingerprint density at radius 3 is 2.53 bits per heavy atom. The highest BCUT2D eigenvalue weighted by Gasteiger charge is 2.21. The van der Waals surface area contributed by atoms with Gasteiger partial charge in [0.25, 0.3) is 5.69 Å². The lowest BCUT2D eigenvalue weighted by molar-refractivity contribution is -0.384. The van der Waals surface area contributed by atoms with Gasteiger partial charge in [0.05, 0.1) is 16.0 Å². The highest BCUT2D eigenvalue weighted by atomic mass is 32.2. The number of rotatable bonds is 3. The maximum atomic E-state index is 10.5. The Hall–Kier alpha value is -1.36. The van der Waals surface area contributed by atoms with Gasteiger partial charge in [0, 0.05) is 23.8 Å². The first-order valence-electron chi connectivity index (χ1n) is 5.53. The van der Waals surface area contributed by atoms with E-state index in [9.17, 15) is 10.1 Å². The van der Waals surface area contributed by atoms with Crippen LogP contribution >= 0.6 is 11.8 Å². The molecule has 0 fully saturated rings. The van der Waals surface area contributed by atoms with Crippen LogP contribution < -0.4 is 0 Å². The molecule has 0 aromatic heterocycles. The van der Waals surface area contributed by atoms with Crippen molar-refractivity contribution in [1.29, 1.82) is 0 Å². The predicted molar refractivity (Wildman–Crippen MR) is 70.6 cm³/mol. The quantitative estimate of drug-likeness (QED) is 0.610. The minimum absolute atomic E-state index is 0.132. The fourth-order valence-corrected chi connectivity index (χ4v) is 2.83. The molecule has 0 N–H and O–H groups in total. The Bertz CT molecular complexity index is 454. The zero-order valence-electron chi connectivity index (χ0n) is 9.79. The standard InChI is InChI=1S/C12H14N2O2S/c1-8(2)12-13-11(7-17-12)9-3-5-10(6-4-9)14(15)16/h3-6,8,11H,7H2,1-2H3. The molecule has 0 saturated heterocycles. The Kier molecular flexibility index (Phi) is 3.47. The number of nitro benzene ring substituents is 1. The summed E-state index contributed by atoms with van der Waals surface area (Å²) in [5.41, 5.74) is 1.19. The van der Waals surface area contributed by atoms with Gasteiger partial charge in [0.2, 0.25) is 0 Å². The largest absolute Gasteiger partial charge is 0.274 e. The summed E-state index contributed by atoms with van der Waals surface area (Å²) in [5.74, 6) is 1.40. The van der Waals surface area contributed by atoms with E-state index in [0.29, 0.717) is 5.92 Å². The molecule has 1 atom stereocenters. The lowest BCUT2D eigenvalue weighted by Gasteiger charge is -2.05. The molecule has 0 saturated carbocycles. The second kappa shape index (κ2) is 4.87. The van der Waals surface area contributed by atoms with Gasteiger partial charge in [-0.1, -0.05) is 26.0 Å². The number of thioether (sulfide) groups is 1. The van der Waals surface area contributed by atoms with E-state index in [1.807, 2.05) is 0 Å². The molecule has 2 rings (SSSR count). The summed E-state index contributed by atoms with van der Waals surface area (Å²) >= 11 is 1.78. The zero-order chi connectivity index (χ0) is 12.4. The van der Waals surface area contributed by atoms with E-state index in [-0.39, 0.29) is 16.7 Å². The van der Waals surface area contributed by atoms with E-state index in [1.54, 1.807) is 36.0 Å². The number of hydrogen-bond donors (Lipinski definition) is 0. The third-order valence-electron chi connectivity index (χ3n) is 2.65. The molecule has 1 aliphatic heterocycles. The van der Waals surface area contributed by atoms with Crippen molar-refractivity contribution in [1.82, 2.24) is 0 Å². The van der Waals surface area contributed by atoms with E-state index in [2.05, 4.69) is 18.8 Å². The van der Waals surface area contributed by atoms with Gasteiger partial charge >= 0.3 is 0 Å². The van der Waals surface area contributed by atoms with Gasteiger partial charge in [-0.15, -0.1) is 11.8 Å². The average molecular weight is 250 g/mol. The lowest BCUT2D eigenvalue weighted by Crippen LogP contribution is -1.98. The minimum Gasteiger partial charge on any atom is -0.274 e. The van der Waals surface area contributed by atoms with Crippen molar-refractivity contribution in [2.75, 3.05) is 5.75 Å². The summed E-state index contributed by atoms with van der Waals surface area (Å²) in [6.07, 6.45) is 0. The van der Waals surface area contributed by atoms with Crippen LogP contribution in [0.15, 0.2) is 29.3 Å². The molecule has 5 heteroatoms. The maximum Gasteiger partial charge on any atom is 0.269 e. The van der Waals surface area contributed by atoms with E-state index in [0.717, 1.165) is 11.3 Å². The first-order valence-corrected chi connectivity index (χ1v) is 6.51. The van der Waals surface area contributed by atoms with Gasteiger partial charge in [-0.2, -0.15) is 0 Å². The SMILES string of the molecule is CC(C)C1=NC(c2ccc([N+](=O)[O-])cc2)CS1. The second-order valence-corrected chi connectivity index (χ2v) is 5.34. The molecule has 17 heavy (non-hydrogen) atoms. The smallest absolute Gasteiger partial charge is 0.269 e. The number of hydrogen-bond acceptors (Lipinski definition) is 4. The highest BCUT2D eigenvalue weighted by Crippen LogP contribution is 2.33. The topological polar surface area (TPSA) is 55.5 Å². The van der Waals surface area contributed by atoms with Crippen molar-refractivity contribution in [3.05, 3.63) is 39.9 Å². The van der Waals surface area contributed by atoms with Crippen LogP contribution in [0.25, 0.3) is 0 Å². The molecule has 1 aromatic carbocycles. The lowest BCUT2D eigenvalue weighted by atomic mass is 10.1. The number of aliphatic imine (C=N–C) groups is 1. The van der Waals surface area contributed by atoms with Crippen LogP contribution in [0.5, 0.6) is 0 Å². The maximum absolute atomic E-state index is 10.5. The molecule has 0 amide bonds. The Morgan fingerprint density at radius 1 is 1.41 bits per heavy atom. The number of benzene rings is 1. The van der Waals surface area contributed by atoms with Crippen molar-refractivity contribution in [2.24, 2.45) is 10.9 Å². The third-order valence-corrected chi connectivity index (χ3v) is 4.01. The molecule has 90 valence electrons. The van der Waals surface area contributed by atoms with Crippen molar-refractivity contribution in [3.63, 3.8) is 0 Å². The third kappa shape index (κ3) is 2.66. The summed E-state index contributed by atoms with van der Waals surface area (Å²) in [6.45, 7) is 4.26. The molecule has 1 unspecified atom stereocenters. The molecular formula is C12H14N2O2S. The Morgan fingerprint density at radius 2 is 2.06 bits per heavy atom. The molecule has 4 nitrogen and oxygen atoms in total. The minimum atomic E-state index is -0.379. The van der Waals surface area contributed by atoms with Crippen molar-refractivity contribution in [3.8, 4) is 0 Å². The van der Waals surface area contributed by atoms with Crippen LogP contribution in [0.2, 0.25) is 0 Å². The summed E-state index contributed by atoms with van der Waals surface area (Å²) < 4.78 is 0. The highest BCUT2D eigenvalue weighted by molar-refractivity contribution is 8.14. The number of nitrogens with zero attached hydrogens (tertiary/aromatic N) is 2. The number of nitro groups is 1. The molecule has 1 aromatic rings. The first kappa shape index (κ1) is 12.1. The molecule has 1 aliphatic rings. The zero-order valence-corrected chi connectivity index (χ0v) is 10.6. The van der Waals surface area contributed by atoms with Gasteiger partial charge in [-0.3, -0.25) is 15.1 Å². The van der Waals surface area contributed by atoms with Gasteiger partial charge in [-0.25, -0.2) is 0 Å². The van der Waals surface area contributed by atoms with Crippen molar-refractivity contribution < 1.29 is 4.92 Å². The fourth-order valence-electron chi connectivity index (χ4n) is 1.70. The van der Waals surface area contributed by atoms with Gasteiger partial charge in [-0.05, 0) is 5.56 Å². The normalized spacial score (nSPS) is 19.5. The van der Waals surface area contributed by atoms with Crippen molar-refractivity contribution >= 4 is 22.5 Å². The van der Waals surface area contributed by atoms with Crippen LogP contribution in [-0.2, 0) is 0 Å². The van der Waals surface area contributed by atoms with Gasteiger partial charge in [0.1, 0.15) is 0 Å². The summed E-state index contributed by atoms with van der Waals surface area (Å²) in [5, 5.41) is 11.7. The predicted octanol–water partition coefficient (Wildman–Crippen LogP) is 3.44. The fraction of sp³-hybridized carbons (Fsp3) is 0.417. The molecular weight excluding hydrogens is 236 g/mol. The molecule has 0 aliphatic carbocycles. The van der Waals surface area contributed by atoms with E-state index in [4.69, 9.17) is 0 Å². The Balaban J connectivity index is 2.17. The summed E-state index contributed by atoms with van der Waals surface area (Å²) in [7, 11) is 0. The average Bonchev–Trinajstić information content (AvgIpc) is 2.78. The van der Waals surface area contributed by atoms with Crippen LogP contribution in [0.1, 0.15) is 25.5 Å². The van der Waals surface area contributed by atoms with Crippen LogP contribution in [0, 0.1) is 16.0 Å². The molecule has 0 spiro atoms. The van der Waals surface area contributed by atoms with E-state index < -0.39 is 0 Å². The summed E-state index contributed by atoms with van der Waals surface area (Å²) in [4.78, 5) is 14.8. The molecule has 0 bridgehead atoms. The monoisotopic (exact) mass is 250 g/mol. The Labute approximate surface area is 104 Å². The molecule has 1 heterocycles. The van der Waals surface area contributed by atoms with Gasteiger partial charge < -0.3 is 0 Å². The van der Waals surface area contributed by atoms with Crippen molar-refractivity contribution in [2.45, 2.75) is 19.9 Å². The molecule has 0 radical (unpaired) electrons. The summed E-state index contributed by atoms with van der Waals surface area (Å²) in [6, 6.07) is 6.84. The van der Waals surface area contributed by atoms with Crippen LogP contribution in [-0.4, -0.2) is 15.7 Å². The van der Waals surface area contributed by atoms with Gasteiger partial charge in [0.15, 0.2) is 0 Å². The van der Waals surface area contributed by atoms with E-state index in [1.165, 1.54) is 5.04 Å². The first-order chi connectivity index (χ1) is 8.08. The second-order valence-electron chi connectivity index (χ2n) is 4.30. The van der Waals surface area contributed by atoms with E-state index >= 15 is 0 Å². The van der Waals surface area contributed by atoms with Crippen LogP contribution in [0.4, 0.5) is 5.69 Å². The number of non-ortho nitro benzene ring substituents is 1.